The number of hydrogen-bond acceptors (Lipinski definition) is 2. The summed E-state index contributed by atoms with van der Waals surface area (Å²) in [5, 5.41) is 1.68. The molecule has 3 nitrogen and oxygen atoms in total. The van der Waals surface area contributed by atoms with E-state index in [4.69, 9.17) is 0 Å². The summed E-state index contributed by atoms with van der Waals surface area (Å²) in [4.78, 5) is -0.00436. The van der Waals surface area contributed by atoms with Crippen molar-refractivity contribution in [1.82, 2.24) is 0 Å². The molecule has 0 aliphatic rings. The van der Waals surface area contributed by atoms with Crippen molar-refractivity contribution in [3.8, 4) is 0 Å². The smallest absolute Gasteiger partial charge is 0.282 e. The fourth-order valence-corrected chi connectivity index (χ4v) is 3.94. The summed E-state index contributed by atoms with van der Waals surface area (Å²) in [7, 11) is -3.96. The Morgan fingerprint density at radius 2 is 1.72 bits per heavy atom. The van der Waals surface area contributed by atoms with Gasteiger partial charge >= 0.3 is 0 Å². The maximum absolute atomic E-state index is 11.3. The molecule has 0 saturated heterocycles. The van der Waals surface area contributed by atoms with E-state index in [0.29, 0.717) is 5.30 Å². The quantitative estimate of drug-likeness (QED) is 0.690. The van der Waals surface area contributed by atoms with Gasteiger partial charge in [0, 0.05) is 0 Å². The molecule has 0 aliphatic heterocycles. The molecule has 5 heteroatoms. The lowest BCUT2D eigenvalue weighted by molar-refractivity contribution is 0.484. The minimum absolute atomic E-state index is 0.00436. The molecule has 18 heavy (non-hydrogen) atoms. The zero-order valence-corrected chi connectivity index (χ0v) is 11.6. The summed E-state index contributed by atoms with van der Waals surface area (Å²) in [6.45, 7) is 1.90. The van der Waals surface area contributed by atoms with E-state index in [1.807, 2.05) is 37.3 Å². The second-order valence-electron chi connectivity index (χ2n) is 3.97. The predicted octanol–water partition coefficient (Wildman–Crippen LogP) is 1.87. The second kappa shape index (κ2) is 5.19. The first-order chi connectivity index (χ1) is 8.47. The highest BCUT2D eigenvalue weighted by Gasteiger charge is 2.15. The van der Waals surface area contributed by atoms with Crippen LogP contribution in [0.25, 0.3) is 0 Å². The molecular weight excluding hydrogens is 267 g/mol. The van der Waals surface area contributed by atoms with E-state index in [1.54, 1.807) is 12.1 Å². The average molecular weight is 280 g/mol. The zero-order chi connectivity index (χ0) is 13.2. The van der Waals surface area contributed by atoms with Gasteiger partial charge in [0.1, 0.15) is 4.90 Å². The fourth-order valence-electron chi connectivity index (χ4n) is 1.64. The summed E-state index contributed by atoms with van der Waals surface area (Å²) in [5.74, 6) is 0. The Morgan fingerprint density at radius 1 is 1.06 bits per heavy atom. The molecule has 0 fully saturated rings. The van der Waals surface area contributed by atoms with Crippen LogP contribution in [0.2, 0.25) is 0 Å². The third kappa shape index (κ3) is 3.16. The van der Waals surface area contributed by atoms with Crippen LogP contribution in [-0.4, -0.2) is 13.0 Å². The van der Waals surface area contributed by atoms with Crippen LogP contribution in [0.3, 0.4) is 0 Å². The highest BCUT2D eigenvalue weighted by atomic mass is 32.2. The molecule has 0 bridgehead atoms. The molecule has 1 N–H and O–H groups in total. The van der Waals surface area contributed by atoms with Gasteiger partial charge in [-0.05, 0) is 23.6 Å². The van der Waals surface area contributed by atoms with E-state index in [2.05, 4.69) is 0 Å². The first-order valence-electron chi connectivity index (χ1n) is 5.37. The Balaban J connectivity index is 2.47. The molecule has 94 valence electrons. The largest absolute Gasteiger partial charge is 0.295 e. The van der Waals surface area contributed by atoms with E-state index >= 15 is 0 Å². The van der Waals surface area contributed by atoms with Gasteiger partial charge in [-0.2, -0.15) is 8.42 Å². The molecule has 0 spiro atoms. The molecule has 2 aromatic rings. The first-order valence-corrected chi connectivity index (χ1v) is 7.81. The molecule has 1 unspecified atom stereocenters. The Hall–Kier alpha value is -1.22. The van der Waals surface area contributed by atoms with Crippen LogP contribution in [0, 0.1) is 6.92 Å². The van der Waals surface area contributed by atoms with E-state index in [9.17, 15) is 13.0 Å². The minimum Gasteiger partial charge on any atom is -0.282 e. The van der Waals surface area contributed by atoms with E-state index in [0.717, 1.165) is 10.9 Å². The Bertz CT molecular complexity index is 651. The van der Waals surface area contributed by atoms with Crippen LogP contribution in [0.15, 0.2) is 53.4 Å². The lowest BCUT2D eigenvalue weighted by Gasteiger charge is -2.08. The second-order valence-corrected chi connectivity index (χ2v) is 6.72. The maximum atomic E-state index is 11.3. The molecule has 0 radical (unpaired) electrons. The van der Waals surface area contributed by atoms with Crippen molar-refractivity contribution in [2.45, 2.75) is 11.8 Å². The number of aryl methyl sites for hydroxylation is 1. The fraction of sp³-hybridized carbons (Fsp3) is 0.0769. The highest BCUT2D eigenvalue weighted by Crippen LogP contribution is 2.18. The van der Waals surface area contributed by atoms with Gasteiger partial charge < -0.3 is 0 Å². The van der Waals surface area contributed by atoms with Crippen LogP contribution < -0.4 is 10.6 Å². The topological polar surface area (TPSA) is 54.4 Å². The van der Waals surface area contributed by atoms with Gasteiger partial charge in [0.05, 0.1) is 0 Å². The monoisotopic (exact) mass is 280 g/mol. The van der Waals surface area contributed by atoms with Crippen LogP contribution in [-0.2, 0) is 10.1 Å². The van der Waals surface area contributed by atoms with Crippen LogP contribution >= 0.6 is 8.58 Å². The van der Waals surface area contributed by atoms with Crippen LogP contribution in [0.5, 0.6) is 0 Å². The van der Waals surface area contributed by atoms with Crippen molar-refractivity contribution in [2.75, 3.05) is 0 Å². The van der Waals surface area contributed by atoms with Crippen LogP contribution in [0.4, 0.5) is 0 Å². The lowest BCUT2D eigenvalue weighted by Crippen LogP contribution is -2.14. The van der Waals surface area contributed by atoms with Crippen molar-refractivity contribution in [3.63, 3.8) is 0 Å². The molecule has 0 heterocycles. The van der Waals surface area contributed by atoms with Crippen molar-refractivity contribution in [1.29, 1.82) is 0 Å². The van der Waals surface area contributed by atoms with Crippen molar-refractivity contribution in [2.24, 2.45) is 0 Å². The Kier molecular flexibility index (Phi) is 3.81. The standard InChI is InChI=1S/C13H13O3PS/c1-10-7-8-13(18(14,15)16)12(9-10)17-11-5-3-2-4-6-11/h2-9,17H,1H3,(H,14,15,16). The predicted molar refractivity (Wildman–Crippen MR) is 75.0 cm³/mol. The van der Waals surface area contributed by atoms with Gasteiger partial charge in [0.15, 0.2) is 0 Å². The molecule has 2 aromatic carbocycles. The van der Waals surface area contributed by atoms with Crippen LogP contribution in [0.1, 0.15) is 5.56 Å². The van der Waals surface area contributed by atoms with E-state index < -0.39 is 10.1 Å². The summed E-state index contributed by atoms with van der Waals surface area (Å²) in [6, 6.07) is 14.5. The lowest BCUT2D eigenvalue weighted by atomic mass is 10.2. The maximum Gasteiger partial charge on any atom is 0.295 e. The van der Waals surface area contributed by atoms with Gasteiger partial charge in [-0.1, -0.05) is 56.6 Å². The molecule has 0 aliphatic carbocycles. The van der Waals surface area contributed by atoms with E-state index in [1.165, 1.54) is 6.07 Å². The van der Waals surface area contributed by atoms with Crippen molar-refractivity contribution >= 4 is 29.3 Å². The van der Waals surface area contributed by atoms with E-state index in [-0.39, 0.29) is 13.5 Å². The number of hydrogen-bond donors (Lipinski definition) is 1. The zero-order valence-electron chi connectivity index (χ0n) is 9.79. The molecule has 1 atom stereocenters. The number of rotatable bonds is 3. The number of benzene rings is 2. The van der Waals surface area contributed by atoms with Crippen molar-refractivity contribution < 1.29 is 13.0 Å². The van der Waals surface area contributed by atoms with Gasteiger partial charge in [0.2, 0.25) is 0 Å². The summed E-state index contributed by atoms with van der Waals surface area (Å²) < 4.78 is 31.8. The molecule has 0 aromatic heterocycles. The Labute approximate surface area is 108 Å². The minimum atomic E-state index is -4.16. The van der Waals surface area contributed by atoms with Gasteiger partial charge in [-0.3, -0.25) is 4.55 Å². The summed E-state index contributed by atoms with van der Waals surface area (Å²) >= 11 is 0. The highest BCUT2D eigenvalue weighted by molar-refractivity contribution is 7.86. The Morgan fingerprint density at radius 3 is 2.33 bits per heavy atom. The summed E-state index contributed by atoms with van der Waals surface area (Å²) in [5.41, 5.74) is 0.973. The van der Waals surface area contributed by atoms with Gasteiger partial charge in [0.25, 0.3) is 10.1 Å². The third-order valence-corrected chi connectivity index (χ3v) is 4.86. The van der Waals surface area contributed by atoms with Crippen molar-refractivity contribution in [3.05, 3.63) is 54.1 Å². The average Bonchev–Trinajstić information content (AvgIpc) is 2.28. The van der Waals surface area contributed by atoms with Gasteiger partial charge in [-0.25, -0.2) is 0 Å². The molecule has 0 saturated carbocycles. The first kappa shape index (κ1) is 13.2. The third-order valence-electron chi connectivity index (χ3n) is 2.47. The molecule has 2 rings (SSSR count). The molecule has 0 amide bonds. The normalized spacial score (nSPS) is 12.1. The molecular formula is C13H13O3PS. The van der Waals surface area contributed by atoms with Gasteiger partial charge in [-0.15, -0.1) is 0 Å². The SMILES string of the molecule is Cc1ccc(S(=O)(=O)O)c(Pc2ccccc2)c1. The summed E-state index contributed by atoms with van der Waals surface area (Å²) in [6.07, 6.45) is 0.